The topological polar surface area (TPSA) is 54.0 Å². The maximum Gasteiger partial charge on any atom is 0.226 e. The molecule has 1 aromatic rings. The molecule has 0 spiro atoms. The molecule has 0 saturated carbocycles. The van der Waals surface area contributed by atoms with Crippen molar-refractivity contribution in [3.05, 3.63) is 29.8 Å². The normalized spacial score (nSPS) is 14.8. The zero-order valence-electron chi connectivity index (χ0n) is 8.57. The van der Waals surface area contributed by atoms with E-state index < -0.39 is 0 Å². The van der Waals surface area contributed by atoms with Crippen LogP contribution in [0.2, 0.25) is 0 Å². The number of carbonyl (C=O) groups is 1. The molecule has 16 heavy (non-hydrogen) atoms. The fourth-order valence-electron chi connectivity index (χ4n) is 1.34. The van der Waals surface area contributed by atoms with Crippen LogP contribution < -0.4 is 10.6 Å². The summed E-state index contributed by atoms with van der Waals surface area (Å²) in [7, 11) is 0. The van der Waals surface area contributed by atoms with Crippen molar-refractivity contribution >= 4 is 18.3 Å². The highest BCUT2D eigenvalue weighted by atomic mass is 35.5. The van der Waals surface area contributed by atoms with Crippen molar-refractivity contribution < 1.29 is 9.18 Å². The van der Waals surface area contributed by atoms with Crippen molar-refractivity contribution in [2.45, 2.75) is 6.54 Å². The zero-order chi connectivity index (χ0) is 10.7. The van der Waals surface area contributed by atoms with Crippen molar-refractivity contribution in [3.63, 3.8) is 0 Å². The Hall–Kier alpha value is -1.20. The first kappa shape index (κ1) is 12.9. The summed E-state index contributed by atoms with van der Waals surface area (Å²) in [6.07, 6.45) is 1.51. The molecule has 0 atom stereocenters. The summed E-state index contributed by atoms with van der Waals surface area (Å²) >= 11 is 0. The summed E-state index contributed by atoms with van der Waals surface area (Å²) in [5.74, 6) is -0.403. The molecule has 88 valence electrons. The van der Waals surface area contributed by atoms with Crippen LogP contribution in [-0.2, 0) is 11.3 Å². The Morgan fingerprint density at radius 2 is 2.38 bits per heavy atom. The van der Waals surface area contributed by atoms with E-state index in [1.807, 2.05) is 0 Å². The van der Waals surface area contributed by atoms with Gasteiger partial charge in [0.25, 0.3) is 0 Å². The third-order valence-corrected chi connectivity index (χ3v) is 2.42. The van der Waals surface area contributed by atoms with Gasteiger partial charge in [0, 0.05) is 19.3 Å². The molecule has 1 aromatic heterocycles. The van der Waals surface area contributed by atoms with Crippen LogP contribution in [-0.4, -0.2) is 24.0 Å². The molecule has 6 heteroatoms. The number of hydrogen-bond acceptors (Lipinski definition) is 3. The molecule has 2 N–H and O–H groups in total. The average molecular weight is 246 g/mol. The van der Waals surface area contributed by atoms with E-state index in [2.05, 4.69) is 15.6 Å². The van der Waals surface area contributed by atoms with Gasteiger partial charge in [0.05, 0.1) is 18.2 Å². The van der Waals surface area contributed by atoms with E-state index in [0.29, 0.717) is 13.1 Å². The largest absolute Gasteiger partial charge is 0.350 e. The fraction of sp³-hybridized carbons (Fsp3) is 0.400. The van der Waals surface area contributed by atoms with E-state index in [1.165, 1.54) is 18.3 Å². The molecule has 1 saturated heterocycles. The molecule has 1 aliphatic heterocycles. The van der Waals surface area contributed by atoms with Crippen molar-refractivity contribution in [3.8, 4) is 0 Å². The van der Waals surface area contributed by atoms with Gasteiger partial charge in [0.2, 0.25) is 5.91 Å². The molecule has 0 unspecified atom stereocenters. The Bertz CT molecular complexity index is 371. The second-order valence-electron chi connectivity index (χ2n) is 3.50. The van der Waals surface area contributed by atoms with Gasteiger partial charge < -0.3 is 10.6 Å². The minimum absolute atomic E-state index is 0. The van der Waals surface area contributed by atoms with Gasteiger partial charge in [-0.05, 0) is 12.1 Å². The van der Waals surface area contributed by atoms with Gasteiger partial charge in [0.15, 0.2) is 0 Å². The van der Waals surface area contributed by atoms with Gasteiger partial charge in [-0.2, -0.15) is 0 Å². The molecule has 0 aliphatic carbocycles. The lowest BCUT2D eigenvalue weighted by molar-refractivity contribution is -0.126. The number of carbonyl (C=O) groups excluding carboxylic acids is 1. The van der Waals surface area contributed by atoms with E-state index in [0.717, 1.165) is 0 Å². The first-order valence-electron chi connectivity index (χ1n) is 4.85. The van der Waals surface area contributed by atoms with Crippen LogP contribution in [0.5, 0.6) is 0 Å². The molecule has 1 fully saturated rings. The van der Waals surface area contributed by atoms with Crippen LogP contribution in [0.4, 0.5) is 4.39 Å². The molecule has 0 radical (unpaired) electrons. The Morgan fingerprint density at radius 1 is 1.62 bits per heavy atom. The third kappa shape index (κ3) is 2.90. The standard InChI is InChI=1S/C10H12FN3O.ClH/c11-8-2-1-3-13-9(8)6-14-10(15)7-4-12-5-7;/h1-3,7,12H,4-6H2,(H,14,15);1H. The molecule has 2 heterocycles. The van der Waals surface area contributed by atoms with Crippen molar-refractivity contribution in [1.29, 1.82) is 0 Å². The fourth-order valence-corrected chi connectivity index (χ4v) is 1.34. The van der Waals surface area contributed by atoms with Crippen LogP contribution in [0.3, 0.4) is 0 Å². The number of pyridine rings is 1. The molecule has 1 amide bonds. The van der Waals surface area contributed by atoms with Crippen molar-refractivity contribution in [2.75, 3.05) is 13.1 Å². The van der Waals surface area contributed by atoms with E-state index >= 15 is 0 Å². The Kier molecular flexibility index (Phi) is 4.64. The van der Waals surface area contributed by atoms with Gasteiger partial charge in [-0.3, -0.25) is 9.78 Å². The summed E-state index contributed by atoms with van der Waals surface area (Å²) in [4.78, 5) is 15.3. The van der Waals surface area contributed by atoms with E-state index in [1.54, 1.807) is 0 Å². The Labute approximate surface area is 99.0 Å². The summed E-state index contributed by atoms with van der Waals surface area (Å²) in [6.45, 7) is 1.56. The van der Waals surface area contributed by atoms with E-state index in [4.69, 9.17) is 0 Å². The molecular formula is C10H13ClFN3O. The van der Waals surface area contributed by atoms with Crippen molar-refractivity contribution in [1.82, 2.24) is 15.6 Å². The SMILES string of the molecule is Cl.O=C(NCc1ncccc1F)C1CNC1. The molecule has 1 aliphatic rings. The lowest BCUT2D eigenvalue weighted by atomic mass is 10.0. The maximum atomic E-state index is 13.1. The van der Waals surface area contributed by atoms with Gasteiger partial charge in [-0.1, -0.05) is 0 Å². The van der Waals surface area contributed by atoms with Gasteiger partial charge in [0.1, 0.15) is 5.82 Å². The number of hydrogen-bond donors (Lipinski definition) is 2. The average Bonchev–Trinajstić information content (AvgIpc) is 2.14. The first-order chi connectivity index (χ1) is 7.27. The second kappa shape index (κ2) is 5.77. The zero-order valence-corrected chi connectivity index (χ0v) is 9.39. The van der Waals surface area contributed by atoms with Crippen molar-refractivity contribution in [2.24, 2.45) is 5.92 Å². The van der Waals surface area contributed by atoms with E-state index in [9.17, 15) is 9.18 Å². The minimum Gasteiger partial charge on any atom is -0.350 e. The van der Waals surface area contributed by atoms with Crippen LogP contribution in [0.1, 0.15) is 5.69 Å². The maximum absolute atomic E-state index is 13.1. The van der Waals surface area contributed by atoms with Crippen LogP contribution in [0, 0.1) is 11.7 Å². The van der Waals surface area contributed by atoms with Crippen LogP contribution in [0.15, 0.2) is 18.3 Å². The molecule has 2 rings (SSSR count). The highest BCUT2D eigenvalue weighted by Gasteiger charge is 2.24. The lowest BCUT2D eigenvalue weighted by Gasteiger charge is -2.25. The van der Waals surface area contributed by atoms with Crippen LogP contribution >= 0.6 is 12.4 Å². The number of halogens is 2. The van der Waals surface area contributed by atoms with Gasteiger partial charge in [-0.25, -0.2) is 4.39 Å². The predicted octanol–water partition coefficient (Wildman–Crippen LogP) is 0.478. The number of nitrogens with zero attached hydrogens (tertiary/aromatic N) is 1. The monoisotopic (exact) mass is 245 g/mol. The lowest BCUT2D eigenvalue weighted by Crippen LogP contribution is -2.50. The number of rotatable bonds is 3. The third-order valence-electron chi connectivity index (χ3n) is 2.42. The minimum atomic E-state index is -0.385. The van der Waals surface area contributed by atoms with Gasteiger partial charge in [-0.15, -0.1) is 12.4 Å². The summed E-state index contributed by atoms with van der Waals surface area (Å²) < 4.78 is 13.1. The van der Waals surface area contributed by atoms with E-state index in [-0.39, 0.29) is 42.3 Å². The molecule has 0 aromatic carbocycles. The predicted molar refractivity (Wildman–Crippen MR) is 59.6 cm³/mol. The first-order valence-corrected chi connectivity index (χ1v) is 4.85. The Morgan fingerprint density at radius 3 is 2.94 bits per heavy atom. The quantitative estimate of drug-likeness (QED) is 0.815. The highest BCUT2D eigenvalue weighted by molar-refractivity contribution is 5.85. The summed E-state index contributed by atoms with van der Waals surface area (Å²) in [5, 5.41) is 5.66. The smallest absolute Gasteiger partial charge is 0.226 e. The Balaban J connectivity index is 0.00000128. The molecule has 0 bridgehead atoms. The number of nitrogens with one attached hydrogen (secondary N) is 2. The number of aromatic nitrogens is 1. The summed E-state index contributed by atoms with van der Waals surface area (Å²) in [6, 6.07) is 2.86. The second-order valence-corrected chi connectivity index (χ2v) is 3.50. The highest BCUT2D eigenvalue weighted by Crippen LogP contribution is 2.05. The number of amides is 1. The molecule has 4 nitrogen and oxygen atoms in total. The summed E-state index contributed by atoms with van der Waals surface area (Å²) in [5.41, 5.74) is 0.276. The molecular weight excluding hydrogens is 233 g/mol. The van der Waals surface area contributed by atoms with Crippen LogP contribution in [0.25, 0.3) is 0 Å². The van der Waals surface area contributed by atoms with Gasteiger partial charge >= 0.3 is 0 Å².